The first-order valence-electron chi connectivity index (χ1n) is 12.1. The minimum atomic E-state index is -0.276. The predicted molar refractivity (Wildman–Crippen MR) is 153 cm³/mol. The van der Waals surface area contributed by atoms with E-state index in [1.807, 2.05) is 72.8 Å². The molecule has 4 aromatic carbocycles. The first-order chi connectivity index (χ1) is 18.5. The molecule has 2 atom stereocenters. The van der Waals surface area contributed by atoms with Crippen molar-refractivity contribution in [1.29, 1.82) is 0 Å². The third-order valence-electron chi connectivity index (χ3n) is 6.77. The van der Waals surface area contributed by atoms with Crippen LogP contribution in [0.1, 0.15) is 21.9 Å². The second kappa shape index (κ2) is 10.1. The molecule has 2 aliphatic rings. The van der Waals surface area contributed by atoms with Gasteiger partial charge >= 0.3 is 0 Å². The van der Waals surface area contributed by atoms with E-state index in [2.05, 4.69) is 0 Å². The summed E-state index contributed by atoms with van der Waals surface area (Å²) in [4.78, 5) is 29.0. The minimum Gasteiger partial charge on any atom is -0.508 e. The van der Waals surface area contributed by atoms with Crippen LogP contribution in [0.5, 0.6) is 11.5 Å². The number of thioether (sulfide) groups is 2. The van der Waals surface area contributed by atoms with E-state index in [-0.39, 0.29) is 34.1 Å². The molecule has 4 aromatic rings. The molecule has 0 saturated carbocycles. The van der Waals surface area contributed by atoms with Crippen LogP contribution >= 0.6 is 23.5 Å². The lowest BCUT2D eigenvalue weighted by Gasteiger charge is -2.25. The van der Waals surface area contributed by atoms with Crippen LogP contribution in [-0.2, 0) is 9.59 Å². The van der Waals surface area contributed by atoms with Crippen molar-refractivity contribution in [3.05, 3.63) is 108 Å². The summed E-state index contributed by atoms with van der Waals surface area (Å²) in [5, 5.41) is 20.1. The highest BCUT2D eigenvalue weighted by molar-refractivity contribution is 8.01. The maximum Gasteiger partial charge on any atom is 0.238 e. The third-order valence-corrected chi connectivity index (χ3v) is 9.15. The zero-order valence-corrected chi connectivity index (χ0v) is 21.9. The van der Waals surface area contributed by atoms with Gasteiger partial charge in [0.05, 0.1) is 11.5 Å². The topological polar surface area (TPSA) is 81.1 Å². The van der Waals surface area contributed by atoms with E-state index in [0.29, 0.717) is 11.5 Å². The summed E-state index contributed by atoms with van der Waals surface area (Å²) < 4.78 is 0. The molecule has 0 radical (unpaired) electrons. The molecule has 190 valence electrons. The Kier molecular flexibility index (Phi) is 6.51. The van der Waals surface area contributed by atoms with E-state index in [1.54, 1.807) is 34.1 Å². The number of carbonyl (C=O) groups is 2. The average molecular weight is 541 g/mol. The lowest BCUT2D eigenvalue weighted by atomic mass is 10.0. The number of para-hydroxylation sites is 2. The van der Waals surface area contributed by atoms with Crippen molar-refractivity contribution in [1.82, 2.24) is 0 Å². The first-order valence-corrected chi connectivity index (χ1v) is 14.2. The largest absolute Gasteiger partial charge is 0.508 e. The van der Waals surface area contributed by atoms with E-state index in [4.69, 9.17) is 0 Å². The van der Waals surface area contributed by atoms with Gasteiger partial charge in [0.1, 0.15) is 22.2 Å². The quantitative estimate of drug-likeness (QED) is 0.308. The second-order valence-corrected chi connectivity index (χ2v) is 11.2. The molecule has 6 rings (SSSR count). The Balaban J connectivity index is 1.24. The number of rotatable bonds is 5. The maximum atomic E-state index is 12.7. The molecule has 8 heteroatoms. The molecule has 2 aliphatic heterocycles. The summed E-state index contributed by atoms with van der Waals surface area (Å²) in [6, 6.07) is 29.9. The lowest BCUT2D eigenvalue weighted by molar-refractivity contribution is -0.116. The highest BCUT2D eigenvalue weighted by Gasteiger charge is 2.36. The summed E-state index contributed by atoms with van der Waals surface area (Å²) in [7, 11) is 0. The van der Waals surface area contributed by atoms with Crippen molar-refractivity contribution in [2.24, 2.45) is 0 Å². The number of phenols is 2. The number of hydrogen-bond acceptors (Lipinski definition) is 6. The molecule has 2 unspecified atom stereocenters. The number of aromatic hydroxyl groups is 2. The molecule has 0 aromatic heterocycles. The van der Waals surface area contributed by atoms with Gasteiger partial charge in [0.25, 0.3) is 0 Å². The van der Waals surface area contributed by atoms with Gasteiger partial charge in [-0.2, -0.15) is 0 Å². The van der Waals surface area contributed by atoms with Gasteiger partial charge in [-0.25, -0.2) is 0 Å². The Morgan fingerprint density at radius 3 is 1.29 bits per heavy atom. The number of nitrogens with zero attached hydrogens (tertiary/aromatic N) is 2. The maximum absolute atomic E-state index is 12.7. The average Bonchev–Trinajstić information content (AvgIpc) is 3.51. The van der Waals surface area contributed by atoms with Gasteiger partial charge in [-0.15, -0.1) is 23.5 Å². The summed E-state index contributed by atoms with van der Waals surface area (Å²) in [6.07, 6.45) is 0. The van der Waals surface area contributed by atoms with Crippen LogP contribution in [0, 0.1) is 0 Å². The van der Waals surface area contributed by atoms with E-state index in [1.165, 1.54) is 23.5 Å². The number of anilines is 2. The summed E-state index contributed by atoms with van der Waals surface area (Å²) in [5.74, 6) is 1.09. The van der Waals surface area contributed by atoms with Gasteiger partial charge in [-0.05, 0) is 47.5 Å². The number of hydrogen-bond donors (Lipinski definition) is 2. The smallest absolute Gasteiger partial charge is 0.238 e. The van der Waals surface area contributed by atoms with E-state index < -0.39 is 0 Å². The van der Waals surface area contributed by atoms with Crippen LogP contribution in [0.4, 0.5) is 11.4 Å². The highest BCUT2D eigenvalue weighted by Crippen LogP contribution is 2.46. The van der Waals surface area contributed by atoms with Crippen LogP contribution in [0.15, 0.2) is 97.1 Å². The second-order valence-electron chi connectivity index (χ2n) is 9.07. The van der Waals surface area contributed by atoms with Crippen molar-refractivity contribution in [2.75, 3.05) is 21.3 Å². The van der Waals surface area contributed by atoms with Gasteiger partial charge < -0.3 is 10.2 Å². The summed E-state index contributed by atoms with van der Waals surface area (Å²) >= 11 is 3.00. The Bertz CT molecular complexity index is 1390. The van der Waals surface area contributed by atoms with Gasteiger partial charge in [-0.3, -0.25) is 19.4 Å². The van der Waals surface area contributed by atoms with Gasteiger partial charge in [0.15, 0.2) is 0 Å². The molecule has 2 fully saturated rings. The minimum absolute atomic E-state index is 0.00696. The molecule has 0 spiro atoms. The van der Waals surface area contributed by atoms with E-state index in [0.717, 1.165) is 33.6 Å². The molecule has 0 aliphatic carbocycles. The SMILES string of the molecule is O=C1CSC(c2ccccc2O)N1c1ccc(-c2ccc(N3C(=O)CSC3c3ccccc3O)cc2)cc1. The lowest BCUT2D eigenvalue weighted by Crippen LogP contribution is -2.27. The van der Waals surface area contributed by atoms with Crippen molar-refractivity contribution >= 4 is 46.7 Å². The Morgan fingerprint density at radius 2 is 0.921 bits per heavy atom. The zero-order valence-electron chi connectivity index (χ0n) is 20.2. The van der Waals surface area contributed by atoms with Crippen molar-refractivity contribution in [3.8, 4) is 22.6 Å². The third kappa shape index (κ3) is 4.40. The van der Waals surface area contributed by atoms with Crippen LogP contribution < -0.4 is 9.80 Å². The Labute approximate surface area is 228 Å². The normalized spacial score (nSPS) is 19.4. The molecule has 6 nitrogen and oxygen atoms in total. The van der Waals surface area contributed by atoms with Crippen molar-refractivity contribution in [2.45, 2.75) is 10.7 Å². The number of phenolic OH excluding ortho intramolecular Hbond substituents is 2. The molecule has 2 heterocycles. The molecule has 38 heavy (non-hydrogen) atoms. The molecular formula is C30H24N2O4S2. The molecular weight excluding hydrogens is 516 g/mol. The first kappa shape index (κ1) is 24.5. The fourth-order valence-electron chi connectivity index (χ4n) is 4.89. The van der Waals surface area contributed by atoms with Crippen LogP contribution in [0.2, 0.25) is 0 Å². The molecule has 0 bridgehead atoms. The Morgan fingerprint density at radius 1 is 0.553 bits per heavy atom. The predicted octanol–water partition coefficient (Wildman–Crippen LogP) is 6.32. The van der Waals surface area contributed by atoms with E-state index >= 15 is 0 Å². The fourth-order valence-corrected chi connectivity index (χ4v) is 7.30. The Hall–Kier alpha value is -3.88. The molecule has 2 N–H and O–H groups in total. The number of amides is 2. The zero-order chi connectivity index (χ0) is 26.2. The summed E-state index contributed by atoms with van der Waals surface area (Å²) in [6.45, 7) is 0. The van der Waals surface area contributed by atoms with Crippen LogP contribution in [0.25, 0.3) is 11.1 Å². The van der Waals surface area contributed by atoms with Gasteiger partial charge in [0.2, 0.25) is 11.8 Å². The standard InChI is InChI=1S/C30H24N2O4S2/c33-25-7-3-1-5-23(25)29-31(27(35)17-37-29)21-13-9-19(10-14-21)20-11-15-22(16-12-20)32-28(36)18-38-30(32)24-6-2-4-8-26(24)34/h1-16,29-30,33-34H,17-18H2. The number of benzene rings is 4. The van der Waals surface area contributed by atoms with E-state index in [9.17, 15) is 19.8 Å². The van der Waals surface area contributed by atoms with Crippen LogP contribution in [0.3, 0.4) is 0 Å². The van der Waals surface area contributed by atoms with Gasteiger partial charge in [-0.1, -0.05) is 60.7 Å². The number of carbonyl (C=O) groups excluding carboxylic acids is 2. The van der Waals surface area contributed by atoms with Crippen LogP contribution in [-0.4, -0.2) is 33.5 Å². The van der Waals surface area contributed by atoms with Gasteiger partial charge in [0, 0.05) is 22.5 Å². The monoisotopic (exact) mass is 540 g/mol. The summed E-state index contributed by atoms with van der Waals surface area (Å²) in [5.41, 5.74) is 4.97. The molecule has 2 amide bonds. The highest BCUT2D eigenvalue weighted by atomic mass is 32.2. The molecule has 2 saturated heterocycles. The van der Waals surface area contributed by atoms with Crippen molar-refractivity contribution in [3.63, 3.8) is 0 Å². The van der Waals surface area contributed by atoms with Crippen molar-refractivity contribution < 1.29 is 19.8 Å². The fraction of sp³-hybridized carbons (Fsp3) is 0.133.